The first-order chi connectivity index (χ1) is 11.5. The minimum Gasteiger partial charge on any atom is -0.493 e. The van der Waals surface area contributed by atoms with Crippen LogP contribution in [0.5, 0.6) is 11.5 Å². The number of methoxy groups -OCH3 is 2. The number of benzene rings is 2. The summed E-state index contributed by atoms with van der Waals surface area (Å²) in [6.45, 7) is 0. The second-order valence-electron chi connectivity index (χ2n) is 4.70. The molecule has 0 bridgehead atoms. The summed E-state index contributed by atoms with van der Waals surface area (Å²) < 4.78 is 10.4. The third-order valence-electron chi connectivity index (χ3n) is 3.31. The van der Waals surface area contributed by atoms with Crippen LogP contribution in [0.25, 0.3) is 11.6 Å². The van der Waals surface area contributed by atoms with Crippen LogP contribution in [0, 0.1) is 21.4 Å². The maximum absolute atomic E-state index is 10.7. The summed E-state index contributed by atoms with van der Waals surface area (Å²) in [6.07, 6.45) is 1.59. The van der Waals surface area contributed by atoms with E-state index in [0.717, 1.165) is 0 Å². The lowest BCUT2D eigenvalue weighted by Gasteiger charge is -2.10. The molecule has 0 fully saturated rings. The Morgan fingerprint density at radius 1 is 1.21 bits per heavy atom. The van der Waals surface area contributed by atoms with Gasteiger partial charge in [-0.25, -0.2) is 0 Å². The predicted octanol–water partition coefficient (Wildman–Crippen LogP) is 4.33. The van der Waals surface area contributed by atoms with Crippen LogP contribution in [0.2, 0.25) is 5.02 Å². The van der Waals surface area contributed by atoms with E-state index in [1.54, 1.807) is 18.2 Å². The van der Waals surface area contributed by atoms with E-state index < -0.39 is 4.92 Å². The predicted molar refractivity (Wildman–Crippen MR) is 91.1 cm³/mol. The average molecular weight is 345 g/mol. The van der Waals surface area contributed by atoms with E-state index in [4.69, 9.17) is 21.1 Å². The zero-order chi connectivity index (χ0) is 17.7. The number of allylic oxidation sites excluding steroid dienone is 1. The molecule has 0 N–H and O–H groups in total. The number of halogens is 1. The highest BCUT2D eigenvalue weighted by molar-refractivity contribution is 6.32. The quantitative estimate of drug-likeness (QED) is 0.349. The van der Waals surface area contributed by atoms with Crippen molar-refractivity contribution >= 4 is 28.9 Å². The first-order valence-electron chi connectivity index (χ1n) is 6.78. The SMILES string of the molecule is COc1cc(Cl)c(/C=C(/C#N)c2ccc([N+](=O)[O-])cc2)cc1OC. The molecular formula is C17H13ClN2O4. The smallest absolute Gasteiger partial charge is 0.269 e. The van der Waals surface area contributed by atoms with Crippen molar-refractivity contribution in [3.63, 3.8) is 0 Å². The lowest BCUT2D eigenvalue weighted by Crippen LogP contribution is -1.92. The van der Waals surface area contributed by atoms with Crippen molar-refractivity contribution in [2.24, 2.45) is 0 Å². The number of ether oxygens (including phenoxy) is 2. The van der Waals surface area contributed by atoms with E-state index in [1.807, 2.05) is 0 Å². The highest BCUT2D eigenvalue weighted by atomic mass is 35.5. The number of non-ortho nitro benzene ring substituents is 1. The van der Waals surface area contributed by atoms with Crippen molar-refractivity contribution < 1.29 is 14.4 Å². The molecule has 2 aromatic carbocycles. The summed E-state index contributed by atoms with van der Waals surface area (Å²) >= 11 is 6.21. The standard InChI is InChI=1S/C17H13ClN2O4/c1-23-16-8-12(15(18)9-17(16)24-2)7-13(10-19)11-3-5-14(6-4-11)20(21)22/h3-9H,1-2H3/b13-7-. The van der Waals surface area contributed by atoms with Crippen LogP contribution in [0.15, 0.2) is 36.4 Å². The van der Waals surface area contributed by atoms with Gasteiger partial charge < -0.3 is 9.47 Å². The van der Waals surface area contributed by atoms with Gasteiger partial charge in [-0.15, -0.1) is 0 Å². The molecule has 24 heavy (non-hydrogen) atoms. The molecule has 0 aliphatic heterocycles. The Bertz CT molecular complexity index is 839. The van der Waals surface area contributed by atoms with Crippen LogP contribution in [-0.2, 0) is 0 Å². The minimum absolute atomic E-state index is 0.0415. The van der Waals surface area contributed by atoms with E-state index in [9.17, 15) is 15.4 Å². The van der Waals surface area contributed by atoms with Gasteiger partial charge in [0.1, 0.15) is 0 Å². The molecule has 0 atom stereocenters. The average Bonchev–Trinajstić information content (AvgIpc) is 2.60. The number of nitriles is 1. The fourth-order valence-corrected chi connectivity index (χ4v) is 2.29. The van der Waals surface area contributed by atoms with Crippen LogP contribution < -0.4 is 9.47 Å². The molecule has 0 unspecified atom stereocenters. The van der Waals surface area contributed by atoms with Crippen molar-refractivity contribution in [3.05, 3.63) is 62.7 Å². The molecule has 0 radical (unpaired) electrons. The fourth-order valence-electron chi connectivity index (χ4n) is 2.08. The maximum Gasteiger partial charge on any atom is 0.269 e. The van der Waals surface area contributed by atoms with E-state index >= 15 is 0 Å². The highest BCUT2D eigenvalue weighted by Gasteiger charge is 2.11. The minimum atomic E-state index is -0.495. The summed E-state index contributed by atoms with van der Waals surface area (Å²) in [5.74, 6) is 0.961. The van der Waals surface area contributed by atoms with E-state index in [-0.39, 0.29) is 5.69 Å². The molecule has 0 aliphatic rings. The Balaban J connectivity index is 2.47. The molecule has 0 spiro atoms. The number of hydrogen-bond donors (Lipinski definition) is 0. The van der Waals surface area contributed by atoms with Crippen molar-refractivity contribution in [1.82, 2.24) is 0 Å². The van der Waals surface area contributed by atoms with Gasteiger partial charge in [-0.05, 0) is 35.4 Å². The van der Waals surface area contributed by atoms with Crippen molar-refractivity contribution in [2.75, 3.05) is 14.2 Å². The van der Waals surface area contributed by atoms with Crippen LogP contribution in [0.1, 0.15) is 11.1 Å². The highest BCUT2D eigenvalue weighted by Crippen LogP contribution is 2.35. The Morgan fingerprint density at radius 2 is 1.79 bits per heavy atom. The molecule has 0 aromatic heterocycles. The Kier molecular flexibility index (Phi) is 5.40. The molecule has 0 aliphatic carbocycles. The third kappa shape index (κ3) is 3.65. The monoisotopic (exact) mass is 344 g/mol. The summed E-state index contributed by atoms with van der Waals surface area (Å²) in [4.78, 5) is 10.2. The lowest BCUT2D eigenvalue weighted by molar-refractivity contribution is -0.384. The first kappa shape index (κ1) is 17.3. The molecule has 0 saturated carbocycles. The van der Waals surface area contributed by atoms with Crippen molar-refractivity contribution in [3.8, 4) is 17.6 Å². The summed E-state index contributed by atoms with van der Waals surface area (Å²) in [5.41, 5.74) is 1.40. The summed E-state index contributed by atoms with van der Waals surface area (Å²) in [6, 6.07) is 11.0. The number of nitro groups is 1. The second kappa shape index (κ2) is 7.49. The molecule has 7 heteroatoms. The number of nitro benzene ring substituents is 1. The third-order valence-corrected chi connectivity index (χ3v) is 3.64. The van der Waals surface area contributed by atoms with Crippen LogP contribution in [-0.4, -0.2) is 19.1 Å². The van der Waals surface area contributed by atoms with Gasteiger partial charge in [0.25, 0.3) is 5.69 Å². The van der Waals surface area contributed by atoms with Gasteiger partial charge in [-0.2, -0.15) is 5.26 Å². The zero-order valence-electron chi connectivity index (χ0n) is 12.9. The summed E-state index contributed by atoms with van der Waals surface area (Å²) in [7, 11) is 3.00. The first-order valence-corrected chi connectivity index (χ1v) is 7.16. The fraction of sp³-hybridized carbons (Fsp3) is 0.118. The van der Waals surface area contributed by atoms with Gasteiger partial charge in [0, 0.05) is 18.2 Å². The van der Waals surface area contributed by atoms with Gasteiger partial charge in [0.05, 0.1) is 35.8 Å². The Labute approximate surface area is 143 Å². The van der Waals surface area contributed by atoms with Gasteiger partial charge in [-0.3, -0.25) is 10.1 Å². The molecule has 2 aromatic rings. The molecule has 122 valence electrons. The molecule has 2 rings (SSSR count). The Hall–Kier alpha value is -3.04. The number of rotatable bonds is 5. The molecule has 0 amide bonds. The van der Waals surface area contributed by atoms with Crippen LogP contribution >= 0.6 is 11.6 Å². The van der Waals surface area contributed by atoms with Crippen molar-refractivity contribution in [1.29, 1.82) is 5.26 Å². The van der Waals surface area contributed by atoms with Gasteiger partial charge in [0.15, 0.2) is 11.5 Å². The Morgan fingerprint density at radius 3 is 2.29 bits per heavy atom. The number of hydrogen-bond acceptors (Lipinski definition) is 5. The second-order valence-corrected chi connectivity index (χ2v) is 5.11. The topological polar surface area (TPSA) is 85.4 Å². The van der Waals surface area contributed by atoms with E-state index in [1.165, 1.54) is 38.5 Å². The number of nitrogens with zero attached hydrogens (tertiary/aromatic N) is 2. The normalized spacial score (nSPS) is 10.8. The lowest BCUT2D eigenvalue weighted by atomic mass is 10.0. The van der Waals surface area contributed by atoms with E-state index in [0.29, 0.717) is 33.2 Å². The molecular weight excluding hydrogens is 332 g/mol. The molecule has 0 heterocycles. The van der Waals surface area contributed by atoms with Crippen molar-refractivity contribution in [2.45, 2.75) is 0 Å². The van der Waals surface area contributed by atoms with Gasteiger partial charge in [0.2, 0.25) is 0 Å². The van der Waals surface area contributed by atoms with Crippen LogP contribution in [0.3, 0.4) is 0 Å². The largest absolute Gasteiger partial charge is 0.493 e. The maximum atomic E-state index is 10.7. The molecule has 0 saturated heterocycles. The van der Waals surface area contributed by atoms with E-state index in [2.05, 4.69) is 6.07 Å². The van der Waals surface area contributed by atoms with Gasteiger partial charge in [-0.1, -0.05) is 11.6 Å². The molecule has 6 nitrogen and oxygen atoms in total. The van der Waals surface area contributed by atoms with Crippen LogP contribution in [0.4, 0.5) is 5.69 Å². The zero-order valence-corrected chi connectivity index (χ0v) is 13.7. The van der Waals surface area contributed by atoms with Gasteiger partial charge >= 0.3 is 0 Å². The summed E-state index contributed by atoms with van der Waals surface area (Å²) in [5, 5.41) is 20.5.